The predicted molar refractivity (Wildman–Crippen MR) is 225 cm³/mol. The van der Waals surface area contributed by atoms with Crippen LogP contribution in [0.4, 0.5) is 0 Å². The first-order valence-corrected chi connectivity index (χ1v) is 22.7. The van der Waals surface area contributed by atoms with Crippen molar-refractivity contribution in [3.05, 3.63) is 60.9 Å². The molecule has 0 aromatic rings. The zero-order valence-corrected chi connectivity index (χ0v) is 35.9. The van der Waals surface area contributed by atoms with Gasteiger partial charge >= 0.3 is 13.8 Å². The summed E-state index contributed by atoms with van der Waals surface area (Å²) in [6.07, 6.45) is 42.5. The molecule has 9 nitrogen and oxygen atoms in total. The van der Waals surface area contributed by atoms with Gasteiger partial charge in [-0.05, 0) is 76.7 Å². The van der Waals surface area contributed by atoms with Gasteiger partial charge in [0.2, 0.25) is 0 Å². The third kappa shape index (κ3) is 39.7. The first kappa shape index (κ1) is 52.0. The number of hydrogen-bond acceptors (Lipinski definition) is 7. The van der Waals surface area contributed by atoms with E-state index in [1.807, 2.05) is 51.5 Å². The SMILES string of the molecule is CC/C=C/CC(O)/C=C/C=C/CCCCCCCC(=O)OC[C@H](COP(=O)(O)OCC[N+](C)(C)C)O/C=C/CCCCCCCC/C=C\CCCCCC. The van der Waals surface area contributed by atoms with E-state index >= 15 is 0 Å². The van der Waals surface area contributed by atoms with E-state index in [1.165, 1.54) is 64.2 Å². The molecule has 2 N–H and O–H groups in total. The maximum absolute atomic E-state index is 12.5. The number of rotatable bonds is 38. The second-order valence-corrected chi connectivity index (χ2v) is 16.7. The number of ether oxygens (including phenoxy) is 2. The van der Waals surface area contributed by atoms with Crippen LogP contribution in [0.2, 0.25) is 0 Å². The molecule has 0 aliphatic rings. The van der Waals surface area contributed by atoms with Gasteiger partial charge in [-0.1, -0.05) is 127 Å². The molecule has 0 saturated carbocycles. The number of quaternary nitrogens is 1. The number of likely N-dealkylation sites (N-methyl/N-ethyl adjacent to an activating group) is 1. The van der Waals surface area contributed by atoms with E-state index in [4.69, 9.17) is 18.5 Å². The minimum absolute atomic E-state index is 0.0738. The van der Waals surface area contributed by atoms with Crippen LogP contribution in [0.3, 0.4) is 0 Å². The first-order valence-electron chi connectivity index (χ1n) is 21.2. The minimum Gasteiger partial charge on any atom is -0.492 e. The van der Waals surface area contributed by atoms with Gasteiger partial charge in [-0.2, -0.15) is 0 Å². The highest BCUT2D eigenvalue weighted by Gasteiger charge is 2.25. The molecule has 0 bridgehead atoms. The quantitative estimate of drug-likeness (QED) is 0.0121. The molecule has 54 heavy (non-hydrogen) atoms. The largest absolute Gasteiger partial charge is 0.492 e. The molecule has 0 aromatic carbocycles. The maximum atomic E-state index is 12.5. The smallest absolute Gasteiger partial charge is 0.472 e. The lowest BCUT2D eigenvalue weighted by Gasteiger charge is -2.24. The Morgan fingerprint density at radius 3 is 1.87 bits per heavy atom. The summed E-state index contributed by atoms with van der Waals surface area (Å²) in [5.74, 6) is -0.320. The second-order valence-electron chi connectivity index (χ2n) is 15.2. The number of aliphatic hydroxyl groups is 1. The molecule has 10 heteroatoms. The average molecular weight is 783 g/mol. The lowest BCUT2D eigenvalue weighted by Crippen LogP contribution is -2.37. The minimum atomic E-state index is -4.28. The number of hydrogen-bond donors (Lipinski definition) is 2. The molecular weight excluding hydrogens is 701 g/mol. The normalized spacial score (nSPS) is 14.9. The summed E-state index contributed by atoms with van der Waals surface area (Å²) < 4.78 is 34.7. The van der Waals surface area contributed by atoms with Crippen LogP contribution in [0.5, 0.6) is 0 Å². The van der Waals surface area contributed by atoms with Crippen molar-refractivity contribution in [2.75, 3.05) is 47.5 Å². The third-order valence-corrected chi connectivity index (χ3v) is 9.72. The Morgan fingerprint density at radius 1 is 0.685 bits per heavy atom. The Balaban J connectivity index is 4.39. The van der Waals surface area contributed by atoms with E-state index in [0.29, 0.717) is 23.9 Å². The van der Waals surface area contributed by atoms with Crippen LogP contribution in [0.15, 0.2) is 60.9 Å². The van der Waals surface area contributed by atoms with Gasteiger partial charge in [0.25, 0.3) is 0 Å². The molecule has 0 radical (unpaired) electrons. The second kappa shape index (κ2) is 36.6. The van der Waals surface area contributed by atoms with Crippen molar-refractivity contribution in [2.24, 2.45) is 0 Å². The Morgan fingerprint density at radius 2 is 1.26 bits per heavy atom. The molecule has 0 heterocycles. The third-order valence-electron chi connectivity index (χ3n) is 8.73. The number of carbonyl (C=O) groups excluding carboxylic acids is 1. The van der Waals surface area contributed by atoms with E-state index in [2.05, 4.69) is 38.2 Å². The summed E-state index contributed by atoms with van der Waals surface area (Å²) in [6, 6.07) is 0. The lowest BCUT2D eigenvalue weighted by molar-refractivity contribution is -0.870. The molecule has 314 valence electrons. The molecule has 0 amide bonds. The van der Waals surface area contributed by atoms with Crippen molar-refractivity contribution in [3.63, 3.8) is 0 Å². The van der Waals surface area contributed by atoms with Gasteiger partial charge in [-0.3, -0.25) is 13.8 Å². The summed E-state index contributed by atoms with van der Waals surface area (Å²) in [5, 5.41) is 9.87. The highest BCUT2D eigenvalue weighted by atomic mass is 31.2. The van der Waals surface area contributed by atoms with Gasteiger partial charge in [0, 0.05) is 6.42 Å². The fourth-order valence-corrected chi connectivity index (χ4v) is 6.07. The molecule has 3 atom stereocenters. The van der Waals surface area contributed by atoms with E-state index in [-0.39, 0.29) is 25.8 Å². The van der Waals surface area contributed by atoms with Gasteiger partial charge < -0.3 is 24.0 Å². The van der Waals surface area contributed by atoms with Crippen molar-refractivity contribution in [2.45, 2.75) is 167 Å². The standard InChI is InChI=1S/C44H80NO8P/c1-6-8-10-11-12-13-14-15-16-17-18-19-23-26-29-33-38-50-43(41-53-54(48,49)52-39-37-45(3,4)5)40-51-44(47)36-32-28-25-22-20-21-24-27-31-35-42(46)34-30-9-7-2/h9,13-14,24,27,30-31,33,35,38,42-43,46H,6-8,10-12,15-23,25-26,28-29,32,34,36-37,39-41H2,1-5H3/p+1/b14-13-,27-24+,30-9+,35-31+,38-33+/t42?,43-/m1/s1. The monoisotopic (exact) mass is 783 g/mol. The Labute approximate surface area is 331 Å². The number of phosphoric acid groups is 1. The summed E-state index contributed by atoms with van der Waals surface area (Å²) in [7, 11) is 1.62. The summed E-state index contributed by atoms with van der Waals surface area (Å²) >= 11 is 0. The Kier molecular flexibility index (Phi) is 35.3. The number of allylic oxidation sites excluding steroid dienone is 7. The van der Waals surface area contributed by atoms with Crippen molar-refractivity contribution in [1.29, 1.82) is 0 Å². The number of unbranched alkanes of at least 4 members (excludes halogenated alkanes) is 16. The number of aliphatic hydroxyl groups excluding tert-OH is 1. The Hall–Kier alpha value is -2.00. The topological polar surface area (TPSA) is 112 Å². The van der Waals surface area contributed by atoms with E-state index in [0.717, 1.165) is 64.2 Å². The molecule has 0 rings (SSSR count). The lowest BCUT2D eigenvalue weighted by atomic mass is 10.1. The number of phosphoric ester groups is 1. The van der Waals surface area contributed by atoms with Gasteiger partial charge in [0.15, 0.2) is 6.10 Å². The number of esters is 1. The zero-order chi connectivity index (χ0) is 40.0. The summed E-state index contributed by atoms with van der Waals surface area (Å²) in [4.78, 5) is 22.6. The van der Waals surface area contributed by atoms with Crippen LogP contribution < -0.4 is 0 Å². The van der Waals surface area contributed by atoms with Crippen molar-refractivity contribution in [1.82, 2.24) is 0 Å². The van der Waals surface area contributed by atoms with Crippen LogP contribution in [-0.2, 0) is 27.9 Å². The van der Waals surface area contributed by atoms with Gasteiger partial charge in [-0.25, -0.2) is 4.57 Å². The van der Waals surface area contributed by atoms with Crippen molar-refractivity contribution >= 4 is 13.8 Å². The first-order chi connectivity index (χ1) is 26.0. The van der Waals surface area contributed by atoms with Crippen LogP contribution >= 0.6 is 7.82 Å². The maximum Gasteiger partial charge on any atom is 0.472 e. The summed E-state index contributed by atoms with van der Waals surface area (Å²) in [6.45, 7) is 4.62. The highest BCUT2D eigenvalue weighted by Crippen LogP contribution is 2.43. The highest BCUT2D eigenvalue weighted by molar-refractivity contribution is 7.47. The molecule has 0 aromatic heterocycles. The molecule has 0 aliphatic carbocycles. The number of carbonyl (C=O) groups is 1. The molecule has 2 unspecified atom stereocenters. The van der Waals surface area contributed by atoms with Crippen molar-refractivity contribution < 1.29 is 42.4 Å². The molecule has 0 fully saturated rings. The van der Waals surface area contributed by atoms with Crippen LogP contribution in [0, 0.1) is 0 Å². The van der Waals surface area contributed by atoms with Gasteiger partial charge in [0.05, 0.1) is 40.1 Å². The Bertz CT molecular complexity index is 1070. The van der Waals surface area contributed by atoms with Crippen LogP contribution in [0.25, 0.3) is 0 Å². The number of nitrogens with zero attached hydrogens (tertiary/aromatic N) is 1. The van der Waals surface area contributed by atoms with Crippen molar-refractivity contribution in [3.8, 4) is 0 Å². The van der Waals surface area contributed by atoms with Gasteiger partial charge in [0.1, 0.15) is 19.8 Å². The van der Waals surface area contributed by atoms with Crippen LogP contribution in [-0.4, -0.2) is 80.2 Å². The fraction of sp³-hybridized carbons (Fsp3) is 0.750. The van der Waals surface area contributed by atoms with Crippen LogP contribution in [0.1, 0.15) is 155 Å². The van der Waals surface area contributed by atoms with E-state index < -0.39 is 20.0 Å². The summed E-state index contributed by atoms with van der Waals surface area (Å²) in [5.41, 5.74) is 0. The molecule has 0 spiro atoms. The molecule has 0 saturated heterocycles. The molecular formula is C44H81NO8P+. The van der Waals surface area contributed by atoms with E-state index in [9.17, 15) is 19.4 Å². The molecule has 0 aliphatic heterocycles. The van der Waals surface area contributed by atoms with E-state index in [1.54, 1.807) is 6.26 Å². The predicted octanol–water partition coefficient (Wildman–Crippen LogP) is 11.5. The average Bonchev–Trinajstić information content (AvgIpc) is 3.12. The fourth-order valence-electron chi connectivity index (χ4n) is 5.33. The zero-order valence-electron chi connectivity index (χ0n) is 35.1. The van der Waals surface area contributed by atoms with Gasteiger partial charge in [-0.15, -0.1) is 0 Å².